The Labute approximate surface area is 123 Å². The molecule has 22 heavy (non-hydrogen) atoms. The quantitative estimate of drug-likeness (QED) is 0.711. The predicted octanol–water partition coefficient (Wildman–Crippen LogP) is 3.77. The van der Waals surface area contributed by atoms with E-state index in [9.17, 15) is 18.0 Å². The van der Waals surface area contributed by atoms with Gasteiger partial charge in [0.15, 0.2) is 11.6 Å². The largest absolute Gasteiger partial charge is 0.361 e. The fourth-order valence-electron chi connectivity index (χ4n) is 2.25. The Hall–Kier alpha value is -2.76. The second kappa shape index (κ2) is 5.55. The van der Waals surface area contributed by atoms with Crippen LogP contribution in [0.1, 0.15) is 5.56 Å². The summed E-state index contributed by atoms with van der Waals surface area (Å²) in [6.07, 6.45) is 1.31. The average molecular weight is 304 g/mol. The lowest BCUT2D eigenvalue weighted by Gasteiger charge is -2.07. The van der Waals surface area contributed by atoms with Crippen LogP contribution in [-0.2, 0) is 11.2 Å². The molecule has 2 N–H and O–H groups in total. The second-order valence-corrected chi connectivity index (χ2v) is 4.87. The zero-order chi connectivity index (χ0) is 15.7. The molecule has 1 heterocycles. The van der Waals surface area contributed by atoms with E-state index in [0.717, 1.165) is 17.0 Å². The molecular weight excluding hydrogens is 293 g/mol. The van der Waals surface area contributed by atoms with Gasteiger partial charge in [0.1, 0.15) is 5.82 Å². The lowest BCUT2D eigenvalue weighted by molar-refractivity contribution is -0.115. The molecule has 3 rings (SSSR count). The summed E-state index contributed by atoms with van der Waals surface area (Å²) in [5.41, 5.74) is 1.11. The van der Waals surface area contributed by atoms with Gasteiger partial charge in [-0.1, -0.05) is 0 Å². The number of carbonyl (C=O) groups is 1. The molecule has 0 aliphatic carbocycles. The van der Waals surface area contributed by atoms with Crippen LogP contribution in [0.3, 0.4) is 0 Å². The topological polar surface area (TPSA) is 44.9 Å². The normalized spacial score (nSPS) is 10.9. The van der Waals surface area contributed by atoms with Crippen molar-refractivity contribution >= 4 is 22.5 Å². The molecule has 1 amide bonds. The maximum absolute atomic E-state index is 13.5. The molecule has 3 nitrogen and oxygen atoms in total. The summed E-state index contributed by atoms with van der Waals surface area (Å²) >= 11 is 0. The van der Waals surface area contributed by atoms with E-state index in [0.29, 0.717) is 11.8 Å². The summed E-state index contributed by atoms with van der Waals surface area (Å²) in [6.45, 7) is 0. The summed E-state index contributed by atoms with van der Waals surface area (Å²) in [5.74, 6) is -4.00. The summed E-state index contributed by atoms with van der Waals surface area (Å²) < 4.78 is 39.7. The van der Waals surface area contributed by atoms with Gasteiger partial charge in [0.25, 0.3) is 0 Å². The summed E-state index contributed by atoms with van der Waals surface area (Å²) in [7, 11) is 0. The number of hydrogen-bond acceptors (Lipinski definition) is 1. The monoisotopic (exact) mass is 304 g/mol. The molecule has 2 aromatic carbocycles. The highest BCUT2D eigenvalue weighted by molar-refractivity contribution is 5.94. The highest BCUT2D eigenvalue weighted by atomic mass is 19.2. The summed E-state index contributed by atoms with van der Waals surface area (Å²) in [4.78, 5) is 14.9. The standard InChI is InChI=1S/C16H11F3N2O/c17-11-5-10(16(19)13(18)8-11)7-15(22)21-12-1-2-14-9(6-12)3-4-20-14/h1-6,8,20H,7H2,(H,21,22). The third-order valence-electron chi connectivity index (χ3n) is 3.26. The Kier molecular flexibility index (Phi) is 3.58. The van der Waals surface area contributed by atoms with Crippen molar-refractivity contribution in [3.8, 4) is 0 Å². The van der Waals surface area contributed by atoms with Crippen LogP contribution >= 0.6 is 0 Å². The van der Waals surface area contributed by atoms with Gasteiger partial charge in [-0.2, -0.15) is 0 Å². The van der Waals surface area contributed by atoms with Crippen molar-refractivity contribution in [1.29, 1.82) is 0 Å². The molecule has 0 spiro atoms. The Morgan fingerprint density at radius 2 is 1.91 bits per heavy atom. The van der Waals surface area contributed by atoms with Crippen LogP contribution in [0.5, 0.6) is 0 Å². The molecule has 0 atom stereocenters. The number of aromatic amines is 1. The third kappa shape index (κ3) is 2.81. The molecular formula is C16H11F3N2O. The third-order valence-corrected chi connectivity index (χ3v) is 3.26. The number of H-pyrrole nitrogens is 1. The van der Waals surface area contributed by atoms with Gasteiger partial charge in [0.05, 0.1) is 6.42 Å². The van der Waals surface area contributed by atoms with E-state index in [1.807, 2.05) is 6.07 Å². The number of rotatable bonds is 3. The minimum Gasteiger partial charge on any atom is -0.361 e. The molecule has 1 aromatic heterocycles. The number of halogens is 3. The fourth-order valence-corrected chi connectivity index (χ4v) is 2.25. The molecule has 112 valence electrons. The van der Waals surface area contributed by atoms with Crippen LogP contribution in [0.25, 0.3) is 10.9 Å². The Morgan fingerprint density at radius 1 is 1.09 bits per heavy atom. The first-order valence-electron chi connectivity index (χ1n) is 6.53. The molecule has 0 radical (unpaired) electrons. The van der Waals surface area contributed by atoms with Gasteiger partial charge in [-0.25, -0.2) is 13.2 Å². The predicted molar refractivity (Wildman–Crippen MR) is 76.9 cm³/mol. The van der Waals surface area contributed by atoms with Crippen molar-refractivity contribution in [3.05, 3.63) is 65.6 Å². The number of hydrogen-bond donors (Lipinski definition) is 2. The van der Waals surface area contributed by atoms with Crippen molar-refractivity contribution in [3.63, 3.8) is 0 Å². The molecule has 0 saturated heterocycles. The first-order chi connectivity index (χ1) is 10.5. The minimum absolute atomic E-state index is 0.322. The zero-order valence-electron chi connectivity index (χ0n) is 11.3. The van der Waals surface area contributed by atoms with Crippen molar-refractivity contribution in [2.24, 2.45) is 0 Å². The van der Waals surface area contributed by atoms with Crippen LogP contribution < -0.4 is 5.32 Å². The molecule has 6 heteroatoms. The maximum atomic E-state index is 13.5. The SMILES string of the molecule is O=C(Cc1cc(F)cc(F)c1F)Nc1ccc2[nH]ccc2c1. The molecule has 0 fully saturated rings. The number of nitrogens with one attached hydrogen (secondary N) is 2. The minimum atomic E-state index is -1.31. The van der Waals surface area contributed by atoms with Gasteiger partial charge in [-0.15, -0.1) is 0 Å². The van der Waals surface area contributed by atoms with E-state index in [4.69, 9.17) is 0 Å². The molecule has 3 aromatic rings. The molecule has 0 bridgehead atoms. The number of benzene rings is 2. The fraction of sp³-hybridized carbons (Fsp3) is 0.0625. The zero-order valence-corrected chi connectivity index (χ0v) is 11.3. The maximum Gasteiger partial charge on any atom is 0.228 e. The van der Waals surface area contributed by atoms with Gasteiger partial charge in [-0.3, -0.25) is 4.79 Å². The number of amides is 1. The first-order valence-corrected chi connectivity index (χ1v) is 6.53. The van der Waals surface area contributed by atoms with Gasteiger partial charge in [0, 0.05) is 34.4 Å². The van der Waals surface area contributed by atoms with Gasteiger partial charge >= 0.3 is 0 Å². The average Bonchev–Trinajstić information content (AvgIpc) is 2.91. The smallest absolute Gasteiger partial charge is 0.228 e. The van der Waals surface area contributed by atoms with Gasteiger partial charge in [-0.05, 0) is 30.3 Å². The Balaban J connectivity index is 1.77. The van der Waals surface area contributed by atoms with Crippen molar-refractivity contribution in [2.45, 2.75) is 6.42 Å². The van der Waals surface area contributed by atoms with Crippen LogP contribution in [0.2, 0.25) is 0 Å². The Morgan fingerprint density at radius 3 is 2.73 bits per heavy atom. The van der Waals surface area contributed by atoms with E-state index in [2.05, 4.69) is 10.3 Å². The second-order valence-electron chi connectivity index (χ2n) is 4.87. The number of fused-ring (bicyclic) bond motifs is 1. The number of anilines is 1. The van der Waals surface area contributed by atoms with Gasteiger partial charge in [0.2, 0.25) is 5.91 Å². The lowest BCUT2D eigenvalue weighted by atomic mass is 10.1. The number of carbonyl (C=O) groups excluding carboxylic acids is 1. The molecule has 0 saturated carbocycles. The highest BCUT2D eigenvalue weighted by Crippen LogP contribution is 2.19. The van der Waals surface area contributed by atoms with E-state index in [-0.39, 0.29) is 5.56 Å². The van der Waals surface area contributed by atoms with Crippen molar-refractivity contribution < 1.29 is 18.0 Å². The van der Waals surface area contributed by atoms with Crippen molar-refractivity contribution in [2.75, 3.05) is 5.32 Å². The molecule has 0 unspecified atom stereocenters. The van der Waals surface area contributed by atoms with Crippen molar-refractivity contribution in [1.82, 2.24) is 4.98 Å². The summed E-state index contributed by atoms with van der Waals surface area (Å²) in [5, 5.41) is 3.48. The van der Waals surface area contributed by atoms with E-state index < -0.39 is 29.8 Å². The van der Waals surface area contributed by atoms with E-state index in [1.165, 1.54) is 0 Å². The Bertz CT molecular complexity index is 858. The van der Waals surface area contributed by atoms with Crippen LogP contribution in [0, 0.1) is 17.5 Å². The molecule has 0 aliphatic heterocycles. The summed E-state index contributed by atoms with van der Waals surface area (Å²) in [6, 6.07) is 8.30. The number of aromatic nitrogens is 1. The van der Waals surface area contributed by atoms with Gasteiger partial charge < -0.3 is 10.3 Å². The van der Waals surface area contributed by atoms with Crippen LogP contribution in [0.4, 0.5) is 18.9 Å². The molecule has 0 aliphatic rings. The van der Waals surface area contributed by atoms with Crippen LogP contribution in [0.15, 0.2) is 42.6 Å². The lowest BCUT2D eigenvalue weighted by Crippen LogP contribution is -2.15. The first kappa shape index (κ1) is 14.2. The highest BCUT2D eigenvalue weighted by Gasteiger charge is 2.14. The van der Waals surface area contributed by atoms with Crippen LogP contribution in [-0.4, -0.2) is 10.9 Å². The van der Waals surface area contributed by atoms with E-state index in [1.54, 1.807) is 24.4 Å². The van der Waals surface area contributed by atoms with E-state index >= 15 is 0 Å².